The lowest BCUT2D eigenvalue weighted by molar-refractivity contribution is -0.217. The van der Waals surface area contributed by atoms with Crippen LogP contribution in [0.1, 0.15) is 128 Å². The minimum atomic E-state index is -1.34. The van der Waals surface area contributed by atoms with Crippen LogP contribution in [0.15, 0.2) is 11.1 Å². The lowest BCUT2D eigenvalue weighted by atomic mass is 9.36. The maximum Gasteiger partial charge on any atom is 0.332 e. The van der Waals surface area contributed by atoms with Crippen LogP contribution in [0.2, 0.25) is 0 Å². The van der Waals surface area contributed by atoms with Gasteiger partial charge in [-0.15, -0.1) is 0 Å². The van der Waals surface area contributed by atoms with Crippen LogP contribution in [0, 0.1) is 39.4 Å². The molecule has 4 aliphatic carbocycles. The van der Waals surface area contributed by atoms with Gasteiger partial charge >= 0.3 is 23.9 Å². The minimum Gasteiger partial charge on any atom is -0.462 e. The van der Waals surface area contributed by atoms with Crippen molar-refractivity contribution in [3.05, 3.63) is 11.1 Å². The third-order valence-corrected chi connectivity index (χ3v) is 13.4. The summed E-state index contributed by atoms with van der Waals surface area (Å²) < 4.78 is 28.5. The third kappa shape index (κ3) is 6.96. The summed E-state index contributed by atoms with van der Waals surface area (Å²) in [5, 5.41) is 0. The summed E-state index contributed by atoms with van der Waals surface area (Å²) in [4.78, 5) is 63.2. The standard InChI is InChI=1S/C39H60O10/c1-22(19-29(47-24(3)41)34(48-25(4)42)36(7,8)49-32(44)21-45-12)26-13-17-38(10)27(26)20-28(46-23(2)40)33-37(9)16-15-31(43)35(5,6)30(37)14-18-39(33,38)11/h22,28-30,33-34H,13-21H2,1-12H3/t22-,28+,29+,30+,33+,34-,37+,38+,39+/m1/s1. The molecule has 10 heteroatoms. The minimum absolute atomic E-state index is 0.0863. The Bertz CT molecular complexity index is 1380. The van der Waals surface area contributed by atoms with Gasteiger partial charge in [0.2, 0.25) is 0 Å². The number of fused-ring (bicyclic) bond motifs is 5. The van der Waals surface area contributed by atoms with Crippen LogP contribution in [0.4, 0.5) is 0 Å². The highest BCUT2D eigenvalue weighted by atomic mass is 16.6. The zero-order valence-electron chi connectivity index (χ0n) is 31.9. The number of ether oxygens (including phenoxy) is 5. The van der Waals surface area contributed by atoms with Gasteiger partial charge in [0.05, 0.1) is 0 Å². The van der Waals surface area contributed by atoms with Gasteiger partial charge in [0.1, 0.15) is 30.2 Å². The molecule has 4 aliphatic rings. The summed E-state index contributed by atoms with van der Waals surface area (Å²) >= 11 is 0. The molecule has 10 nitrogen and oxygen atoms in total. The summed E-state index contributed by atoms with van der Waals surface area (Å²) in [7, 11) is 1.38. The Morgan fingerprint density at radius 1 is 0.898 bits per heavy atom. The Morgan fingerprint density at radius 3 is 2.10 bits per heavy atom. The fourth-order valence-electron chi connectivity index (χ4n) is 11.2. The maximum atomic E-state index is 13.2. The predicted molar refractivity (Wildman–Crippen MR) is 182 cm³/mol. The molecule has 0 amide bonds. The van der Waals surface area contributed by atoms with Crippen LogP contribution in [0.5, 0.6) is 0 Å². The molecule has 9 atom stereocenters. The van der Waals surface area contributed by atoms with Crippen molar-refractivity contribution in [1.82, 2.24) is 0 Å². The van der Waals surface area contributed by atoms with Crippen molar-refractivity contribution in [2.24, 2.45) is 39.4 Å². The van der Waals surface area contributed by atoms with Gasteiger partial charge in [-0.2, -0.15) is 0 Å². The number of allylic oxidation sites excluding steroid dienone is 1. The molecule has 0 heterocycles. The molecule has 0 bridgehead atoms. The molecular formula is C39H60O10. The van der Waals surface area contributed by atoms with E-state index < -0.39 is 41.1 Å². The number of carbonyl (C=O) groups excluding carboxylic acids is 5. The van der Waals surface area contributed by atoms with E-state index in [1.807, 2.05) is 0 Å². The highest BCUT2D eigenvalue weighted by molar-refractivity contribution is 5.85. The summed E-state index contributed by atoms with van der Waals surface area (Å²) in [6.07, 6.45) is 3.60. The van der Waals surface area contributed by atoms with Crippen LogP contribution >= 0.6 is 0 Å². The van der Waals surface area contributed by atoms with E-state index in [4.69, 9.17) is 23.7 Å². The van der Waals surface area contributed by atoms with Crippen molar-refractivity contribution < 1.29 is 47.7 Å². The van der Waals surface area contributed by atoms with Crippen LogP contribution in [-0.4, -0.2) is 67.3 Å². The predicted octanol–water partition coefficient (Wildman–Crippen LogP) is 6.70. The zero-order chi connectivity index (χ0) is 36.9. The molecule has 4 rings (SSSR count). The summed E-state index contributed by atoms with van der Waals surface area (Å²) in [6, 6.07) is 0. The van der Waals surface area contributed by atoms with E-state index in [0.717, 1.165) is 32.1 Å². The van der Waals surface area contributed by atoms with Crippen LogP contribution in [-0.2, 0) is 47.7 Å². The topological polar surface area (TPSA) is 132 Å². The fraction of sp³-hybridized carbons (Fsp3) is 0.821. The SMILES string of the molecule is COCC(=O)OC(C)(C)[C@H](OC(C)=O)[C@H](C[C@@H](C)C1=C2C[C@H](OC(C)=O)[C@H]3[C@@]4(C)CCC(=O)C(C)(C)[C@@H]4CC[C@]3(C)[C@@]2(C)CC1)OC(C)=O. The number of carbonyl (C=O) groups is 5. The quantitative estimate of drug-likeness (QED) is 0.131. The van der Waals surface area contributed by atoms with E-state index >= 15 is 0 Å². The second kappa shape index (κ2) is 13.8. The van der Waals surface area contributed by atoms with Crippen molar-refractivity contribution in [3.8, 4) is 0 Å². The first-order valence-corrected chi connectivity index (χ1v) is 18.0. The highest BCUT2D eigenvalue weighted by Gasteiger charge is 2.70. The lowest BCUT2D eigenvalue weighted by Crippen LogP contribution is -2.66. The van der Waals surface area contributed by atoms with Gasteiger partial charge in [-0.3, -0.25) is 19.2 Å². The Kier molecular flexibility index (Phi) is 11.0. The first kappa shape index (κ1) is 39.0. The van der Waals surface area contributed by atoms with Gasteiger partial charge in [-0.1, -0.05) is 52.7 Å². The smallest absolute Gasteiger partial charge is 0.332 e. The normalized spacial score (nSPS) is 34.0. The second-order valence-corrected chi connectivity index (χ2v) is 17.2. The molecule has 0 aromatic carbocycles. The maximum absolute atomic E-state index is 13.2. The van der Waals surface area contributed by atoms with E-state index in [2.05, 4.69) is 41.5 Å². The van der Waals surface area contributed by atoms with Gasteiger partial charge in [-0.05, 0) is 80.5 Å². The van der Waals surface area contributed by atoms with Crippen molar-refractivity contribution >= 4 is 29.7 Å². The summed E-state index contributed by atoms with van der Waals surface area (Å²) in [5.74, 6) is -1.54. The molecule has 0 aromatic heterocycles. The highest BCUT2D eigenvalue weighted by Crippen LogP contribution is 2.74. The van der Waals surface area contributed by atoms with Crippen molar-refractivity contribution in [2.75, 3.05) is 13.7 Å². The Hall–Kier alpha value is -2.75. The molecule has 49 heavy (non-hydrogen) atoms. The largest absolute Gasteiger partial charge is 0.462 e. The van der Waals surface area contributed by atoms with E-state index in [1.165, 1.54) is 39.0 Å². The Balaban J connectivity index is 1.75. The molecule has 0 radical (unpaired) electrons. The molecule has 0 saturated heterocycles. The Labute approximate surface area is 292 Å². The van der Waals surface area contributed by atoms with E-state index in [0.29, 0.717) is 25.0 Å². The number of esters is 4. The van der Waals surface area contributed by atoms with Crippen LogP contribution < -0.4 is 0 Å². The first-order chi connectivity index (χ1) is 22.5. The lowest BCUT2D eigenvalue weighted by Gasteiger charge is -2.69. The molecular weight excluding hydrogens is 628 g/mol. The second-order valence-electron chi connectivity index (χ2n) is 17.2. The number of Topliss-reactive ketones (excluding diaryl/α,β-unsaturated/α-hetero) is 1. The number of methoxy groups -OCH3 is 1. The van der Waals surface area contributed by atoms with Gasteiger partial charge in [0.15, 0.2) is 6.10 Å². The van der Waals surface area contributed by atoms with Crippen LogP contribution in [0.3, 0.4) is 0 Å². The molecule has 0 N–H and O–H groups in total. The van der Waals surface area contributed by atoms with Crippen molar-refractivity contribution in [2.45, 2.75) is 151 Å². The van der Waals surface area contributed by atoms with Gasteiger partial charge in [0.25, 0.3) is 0 Å². The average molecular weight is 689 g/mol. The molecule has 276 valence electrons. The number of rotatable bonds is 11. The molecule has 3 saturated carbocycles. The van der Waals surface area contributed by atoms with Crippen molar-refractivity contribution in [3.63, 3.8) is 0 Å². The zero-order valence-corrected chi connectivity index (χ0v) is 31.9. The molecule has 0 aliphatic heterocycles. The molecule has 0 aromatic rings. The first-order valence-electron chi connectivity index (χ1n) is 18.0. The Morgan fingerprint density at radius 2 is 1.53 bits per heavy atom. The van der Waals surface area contributed by atoms with Gasteiger partial charge < -0.3 is 23.7 Å². The van der Waals surface area contributed by atoms with Gasteiger partial charge in [0, 0.05) is 52.1 Å². The van der Waals surface area contributed by atoms with E-state index in [1.54, 1.807) is 13.8 Å². The summed E-state index contributed by atoms with van der Waals surface area (Å²) in [6.45, 7) is 20.5. The third-order valence-electron chi connectivity index (χ3n) is 13.4. The van der Waals surface area contributed by atoms with E-state index in [9.17, 15) is 24.0 Å². The van der Waals surface area contributed by atoms with E-state index in [-0.39, 0.29) is 52.7 Å². The summed E-state index contributed by atoms with van der Waals surface area (Å²) in [5.41, 5.74) is 0.260. The molecule has 0 spiro atoms. The van der Waals surface area contributed by atoms with Gasteiger partial charge in [-0.25, -0.2) is 4.79 Å². The van der Waals surface area contributed by atoms with Crippen LogP contribution in [0.25, 0.3) is 0 Å². The van der Waals surface area contributed by atoms with Crippen molar-refractivity contribution in [1.29, 1.82) is 0 Å². The number of hydrogen-bond acceptors (Lipinski definition) is 10. The fourth-order valence-corrected chi connectivity index (χ4v) is 11.2. The monoisotopic (exact) mass is 688 g/mol. The molecule has 3 fully saturated rings. The average Bonchev–Trinajstić information content (AvgIpc) is 3.30. The molecule has 0 unspecified atom stereocenters. The number of ketones is 1. The number of hydrogen-bond donors (Lipinski definition) is 0.